The van der Waals surface area contributed by atoms with E-state index in [1.54, 1.807) is 11.3 Å². The van der Waals surface area contributed by atoms with E-state index in [0.29, 0.717) is 6.42 Å². The number of thiophene rings is 1. The number of hydrogen-bond acceptors (Lipinski definition) is 5. The highest BCUT2D eigenvalue weighted by Crippen LogP contribution is 2.34. The van der Waals surface area contributed by atoms with Crippen LogP contribution in [0.1, 0.15) is 38.6 Å². The highest BCUT2D eigenvalue weighted by Gasteiger charge is 2.22. The number of benzene rings is 1. The Kier molecular flexibility index (Phi) is 5.87. The summed E-state index contributed by atoms with van der Waals surface area (Å²) in [5.41, 5.74) is 4.22. The number of fused-ring (bicyclic) bond motifs is 3. The van der Waals surface area contributed by atoms with Gasteiger partial charge in [0.2, 0.25) is 5.91 Å². The van der Waals surface area contributed by atoms with Gasteiger partial charge >= 0.3 is 0 Å². The third-order valence-corrected chi connectivity index (χ3v) is 7.25. The molecule has 1 aromatic carbocycles. The number of para-hydroxylation sites is 1. The lowest BCUT2D eigenvalue weighted by atomic mass is 10.1. The van der Waals surface area contributed by atoms with E-state index >= 15 is 0 Å². The summed E-state index contributed by atoms with van der Waals surface area (Å²) in [6.45, 7) is 6.21. The van der Waals surface area contributed by atoms with Crippen LogP contribution in [0, 0.1) is 0 Å². The zero-order chi connectivity index (χ0) is 20.4. The first kappa shape index (κ1) is 19.9. The molecule has 0 saturated carbocycles. The molecule has 0 aliphatic rings. The molecule has 0 bridgehead atoms. The van der Waals surface area contributed by atoms with E-state index in [9.17, 15) is 4.79 Å². The molecule has 0 aliphatic heterocycles. The van der Waals surface area contributed by atoms with E-state index in [1.165, 1.54) is 16.5 Å². The number of nitrogens with zero attached hydrogens (tertiary/aromatic N) is 3. The number of thioether (sulfide) groups is 1. The SMILES string of the molecule is CCc1ccccc1NC(=O)C(CC)Sc1nnc(CC)n2c1cc1sccc12. The van der Waals surface area contributed by atoms with Gasteiger partial charge in [-0.3, -0.25) is 9.20 Å². The zero-order valence-corrected chi connectivity index (χ0v) is 18.4. The average Bonchev–Trinajstić information content (AvgIpc) is 3.34. The van der Waals surface area contributed by atoms with Crippen molar-refractivity contribution < 1.29 is 4.79 Å². The summed E-state index contributed by atoms with van der Waals surface area (Å²) in [5.74, 6) is 0.943. The molecule has 3 heterocycles. The molecule has 7 heteroatoms. The Balaban J connectivity index is 1.65. The fraction of sp³-hybridized carbons (Fsp3) is 0.318. The van der Waals surface area contributed by atoms with E-state index < -0.39 is 0 Å². The number of carbonyl (C=O) groups is 1. The van der Waals surface area contributed by atoms with Gasteiger partial charge in [0.1, 0.15) is 10.9 Å². The molecule has 5 nitrogen and oxygen atoms in total. The first-order chi connectivity index (χ1) is 14.2. The smallest absolute Gasteiger partial charge is 0.237 e. The number of hydrogen-bond donors (Lipinski definition) is 1. The second-order valence-corrected chi connectivity index (χ2v) is 8.96. The minimum absolute atomic E-state index is 0.00582. The van der Waals surface area contributed by atoms with E-state index in [4.69, 9.17) is 0 Å². The average molecular weight is 425 g/mol. The van der Waals surface area contributed by atoms with Gasteiger partial charge in [0.25, 0.3) is 0 Å². The standard InChI is InChI=1S/C22H24N4OS2/c1-4-14-9-7-8-10-15(14)23-21(27)18(5-2)29-22-17-13-19-16(11-12-28-19)26(17)20(6-3)24-25-22/h7-13,18H,4-6H2,1-3H3,(H,23,27). The maximum Gasteiger partial charge on any atom is 0.237 e. The van der Waals surface area contributed by atoms with Gasteiger partial charge in [0, 0.05) is 12.1 Å². The lowest BCUT2D eigenvalue weighted by Gasteiger charge is -2.16. The Morgan fingerprint density at radius 3 is 2.72 bits per heavy atom. The summed E-state index contributed by atoms with van der Waals surface area (Å²) in [6.07, 6.45) is 2.40. The van der Waals surface area contributed by atoms with Gasteiger partial charge in [-0.25, -0.2) is 0 Å². The van der Waals surface area contributed by atoms with Gasteiger partial charge in [-0.2, -0.15) is 0 Å². The Bertz CT molecular complexity index is 1160. The molecule has 1 amide bonds. The second kappa shape index (κ2) is 8.55. The number of aromatic nitrogens is 3. The monoisotopic (exact) mass is 424 g/mol. The predicted molar refractivity (Wildman–Crippen MR) is 122 cm³/mol. The van der Waals surface area contributed by atoms with E-state index in [0.717, 1.165) is 46.0 Å². The summed E-state index contributed by atoms with van der Waals surface area (Å²) in [5, 5.41) is 14.7. The molecule has 0 fully saturated rings. The van der Waals surface area contributed by atoms with Crippen molar-refractivity contribution >= 4 is 50.4 Å². The number of carbonyl (C=O) groups excluding carboxylic acids is 1. The molecule has 29 heavy (non-hydrogen) atoms. The molecule has 1 N–H and O–H groups in total. The van der Waals surface area contributed by atoms with Crippen molar-refractivity contribution in [3.63, 3.8) is 0 Å². The summed E-state index contributed by atoms with van der Waals surface area (Å²) in [7, 11) is 0. The van der Waals surface area contributed by atoms with Crippen LogP contribution in [0.25, 0.3) is 15.7 Å². The van der Waals surface area contributed by atoms with Gasteiger partial charge in [-0.15, -0.1) is 21.5 Å². The van der Waals surface area contributed by atoms with E-state index in [-0.39, 0.29) is 11.2 Å². The second-order valence-electron chi connectivity index (χ2n) is 6.82. The summed E-state index contributed by atoms with van der Waals surface area (Å²) >= 11 is 3.21. The van der Waals surface area contributed by atoms with Crippen molar-refractivity contribution in [1.29, 1.82) is 0 Å². The highest BCUT2D eigenvalue weighted by atomic mass is 32.2. The van der Waals surface area contributed by atoms with Crippen molar-refractivity contribution in [2.24, 2.45) is 0 Å². The van der Waals surface area contributed by atoms with Crippen molar-refractivity contribution in [2.75, 3.05) is 5.32 Å². The van der Waals surface area contributed by atoms with Gasteiger partial charge < -0.3 is 5.32 Å². The summed E-state index contributed by atoms with van der Waals surface area (Å²) in [6, 6.07) is 12.2. The van der Waals surface area contributed by atoms with Gasteiger partial charge in [-0.05, 0) is 42.0 Å². The topological polar surface area (TPSA) is 59.3 Å². The molecule has 150 valence electrons. The summed E-state index contributed by atoms with van der Waals surface area (Å²) in [4.78, 5) is 13.0. The third kappa shape index (κ3) is 3.76. The Hall–Kier alpha value is -2.38. The van der Waals surface area contributed by atoms with Crippen LogP contribution in [0.4, 0.5) is 5.69 Å². The van der Waals surface area contributed by atoms with E-state index in [2.05, 4.69) is 57.3 Å². The first-order valence-electron chi connectivity index (χ1n) is 9.95. The van der Waals surface area contributed by atoms with Crippen molar-refractivity contribution in [1.82, 2.24) is 14.6 Å². The minimum atomic E-state index is -0.238. The van der Waals surface area contributed by atoms with Crippen molar-refractivity contribution in [3.8, 4) is 0 Å². The molecule has 0 spiro atoms. The largest absolute Gasteiger partial charge is 0.325 e. The van der Waals surface area contributed by atoms with Gasteiger partial charge in [-0.1, -0.05) is 50.7 Å². The molecule has 0 saturated heterocycles. The van der Waals surface area contributed by atoms with Crippen LogP contribution >= 0.6 is 23.1 Å². The van der Waals surface area contributed by atoms with Gasteiger partial charge in [0.15, 0.2) is 0 Å². The number of nitrogens with one attached hydrogen (secondary N) is 1. The van der Waals surface area contributed by atoms with Gasteiger partial charge in [0.05, 0.1) is 21.0 Å². The fourth-order valence-corrected chi connectivity index (χ4v) is 5.26. The van der Waals surface area contributed by atoms with Crippen LogP contribution in [0.15, 0.2) is 46.8 Å². The molecule has 1 unspecified atom stereocenters. The lowest BCUT2D eigenvalue weighted by Crippen LogP contribution is -2.25. The van der Waals surface area contributed by atoms with Crippen LogP contribution in [0.3, 0.4) is 0 Å². The van der Waals surface area contributed by atoms with E-state index in [1.807, 2.05) is 25.1 Å². The number of rotatable bonds is 7. The van der Waals surface area contributed by atoms with Crippen LogP contribution in [-0.4, -0.2) is 25.8 Å². The van der Waals surface area contributed by atoms with Crippen LogP contribution in [0.5, 0.6) is 0 Å². The highest BCUT2D eigenvalue weighted by molar-refractivity contribution is 8.00. The van der Waals surface area contributed by atoms with Crippen molar-refractivity contribution in [3.05, 3.63) is 53.2 Å². The third-order valence-electron chi connectivity index (χ3n) is 5.05. The van der Waals surface area contributed by atoms with Crippen molar-refractivity contribution in [2.45, 2.75) is 50.3 Å². The fourth-order valence-electron chi connectivity index (χ4n) is 3.49. The molecule has 1 atom stereocenters. The Labute approximate surface area is 178 Å². The lowest BCUT2D eigenvalue weighted by molar-refractivity contribution is -0.115. The number of anilines is 1. The maximum absolute atomic E-state index is 13.0. The maximum atomic E-state index is 13.0. The van der Waals surface area contributed by atoms with Crippen LogP contribution in [0.2, 0.25) is 0 Å². The number of amides is 1. The van der Waals surface area contributed by atoms with Crippen LogP contribution in [-0.2, 0) is 17.6 Å². The molecule has 0 aliphatic carbocycles. The normalized spacial score (nSPS) is 12.5. The first-order valence-corrected chi connectivity index (χ1v) is 11.7. The molecule has 3 aromatic heterocycles. The Morgan fingerprint density at radius 1 is 1.14 bits per heavy atom. The van der Waals surface area contributed by atoms with Crippen LogP contribution < -0.4 is 5.32 Å². The summed E-state index contributed by atoms with van der Waals surface area (Å²) < 4.78 is 3.39. The molecular formula is C22H24N4OS2. The molecule has 4 rings (SSSR count). The Morgan fingerprint density at radius 2 is 1.97 bits per heavy atom. The molecule has 0 radical (unpaired) electrons. The predicted octanol–water partition coefficient (Wildman–Crippen LogP) is 5.58. The molecule has 4 aromatic rings. The number of aryl methyl sites for hydroxylation is 2. The minimum Gasteiger partial charge on any atom is -0.325 e. The zero-order valence-electron chi connectivity index (χ0n) is 16.8. The quantitative estimate of drug-likeness (QED) is 0.394. The molecular weight excluding hydrogens is 400 g/mol.